The first kappa shape index (κ1) is 11.9. The average Bonchev–Trinajstić information content (AvgIpc) is 2.74. The highest BCUT2D eigenvalue weighted by atomic mass is 16.6. The zero-order valence-electron chi connectivity index (χ0n) is 10.1. The quantitative estimate of drug-likeness (QED) is 0.646. The summed E-state index contributed by atoms with van der Waals surface area (Å²) in [5.41, 5.74) is 0.0809. The van der Waals surface area contributed by atoms with Gasteiger partial charge >= 0.3 is 5.69 Å². The van der Waals surface area contributed by atoms with Crippen molar-refractivity contribution in [1.82, 2.24) is 9.78 Å². The lowest BCUT2D eigenvalue weighted by Crippen LogP contribution is -2.23. The lowest BCUT2D eigenvalue weighted by Gasteiger charge is -2.22. The van der Waals surface area contributed by atoms with Crippen LogP contribution in [0, 0.1) is 10.1 Å². The van der Waals surface area contributed by atoms with E-state index in [1.54, 1.807) is 4.68 Å². The highest BCUT2D eigenvalue weighted by Gasteiger charge is 2.22. The molecule has 1 aromatic rings. The Hall–Kier alpha value is -1.59. The molecule has 0 atom stereocenters. The molecule has 0 bridgehead atoms. The van der Waals surface area contributed by atoms with Crippen molar-refractivity contribution in [2.45, 2.75) is 51.6 Å². The summed E-state index contributed by atoms with van der Waals surface area (Å²) in [7, 11) is 0. The Bertz CT molecular complexity index is 396. The Morgan fingerprint density at radius 3 is 2.82 bits per heavy atom. The Morgan fingerprint density at radius 1 is 1.53 bits per heavy atom. The van der Waals surface area contributed by atoms with Crippen LogP contribution < -0.4 is 5.32 Å². The van der Waals surface area contributed by atoms with E-state index in [1.807, 2.05) is 6.92 Å². The molecule has 0 unspecified atom stereocenters. The molecule has 2 rings (SSSR count). The SMILES string of the molecule is CCn1cc([N+](=O)[O-])c(NC2CCCCC2)n1. The summed E-state index contributed by atoms with van der Waals surface area (Å²) in [5.74, 6) is 0.420. The Kier molecular flexibility index (Phi) is 3.61. The van der Waals surface area contributed by atoms with Crippen molar-refractivity contribution in [1.29, 1.82) is 0 Å². The molecule has 94 valence electrons. The number of nitro groups is 1. The number of hydrogen-bond donors (Lipinski definition) is 1. The Labute approximate surface area is 100 Å². The number of nitrogens with zero attached hydrogens (tertiary/aromatic N) is 3. The molecule has 6 heteroatoms. The molecule has 0 radical (unpaired) electrons. The van der Waals surface area contributed by atoms with Gasteiger partial charge in [-0.05, 0) is 19.8 Å². The predicted molar refractivity (Wildman–Crippen MR) is 65.1 cm³/mol. The van der Waals surface area contributed by atoms with Crippen molar-refractivity contribution in [3.05, 3.63) is 16.3 Å². The molecule has 1 saturated carbocycles. The third kappa shape index (κ3) is 2.75. The molecule has 0 aliphatic heterocycles. The maximum Gasteiger partial charge on any atom is 0.330 e. The summed E-state index contributed by atoms with van der Waals surface area (Å²) in [5, 5.41) is 18.3. The zero-order chi connectivity index (χ0) is 12.3. The highest BCUT2D eigenvalue weighted by molar-refractivity contribution is 5.55. The van der Waals surface area contributed by atoms with Crippen molar-refractivity contribution in [2.24, 2.45) is 0 Å². The van der Waals surface area contributed by atoms with Crippen LogP contribution in [0.1, 0.15) is 39.0 Å². The summed E-state index contributed by atoms with van der Waals surface area (Å²) >= 11 is 0. The van der Waals surface area contributed by atoms with E-state index in [2.05, 4.69) is 10.4 Å². The van der Waals surface area contributed by atoms with Crippen molar-refractivity contribution in [2.75, 3.05) is 5.32 Å². The third-order valence-corrected chi connectivity index (χ3v) is 3.21. The van der Waals surface area contributed by atoms with Crippen molar-refractivity contribution >= 4 is 11.5 Å². The van der Waals surface area contributed by atoms with E-state index in [1.165, 1.54) is 25.5 Å². The summed E-state index contributed by atoms with van der Waals surface area (Å²) in [4.78, 5) is 10.5. The van der Waals surface area contributed by atoms with Gasteiger partial charge in [-0.25, -0.2) is 0 Å². The van der Waals surface area contributed by atoms with Crippen molar-refractivity contribution in [3.63, 3.8) is 0 Å². The molecule has 1 fully saturated rings. The summed E-state index contributed by atoms with van der Waals surface area (Å²) < 4.78 is 1.60. The molecule has 1 N–H and O–H groups in total. The van der Waals surface area contributed by atoms with Crippen LogP contribution in [0.4, 0.5) is 11.5 Å². The number of nitrogens with one attached hydrogen (secondary N) is 1. The fourth-order valence-corrected chi connectivity index (χ4v) is 2.25. The first-order valence-corrected chi connectivity index (χ1v) is 6.19. The second kappa shape index (κ2) is 5.16. The number of rotatable bonds is 4. The van der Waals surface area contributed by atoms with Crippen LogP contribution in [0.2, 0.25) is 0 Å². The molecule has 0 spiro atoms. The van der Waals surface area contributed by atoms with Gasteiger partial charge in [-0.15, -0.1) is 5.10 Å². The average molecular weight is 238 g/mol. The van der Waals surface area contributed by atoms with Gasteiger partial charge in [0.15, 0.2) is 0 Å². The molecule has 1 aliphatic carbocycles. The van der Waals surface area contributed by atoms with Crippen LogP contribution in [0.5, 0.6) is 0 Å². The minimum Gasteiger partial charge on any atom is -0.360 e. The van der Waals surface area contributed by atoms with Gasteiger partial charge in [0.25, 0.3) is 0 Å². The van der Waals surface area contributed by atoms with Gasteiger partial charge in [0.1, 0.15) is 6.20 Å². The van der Waals surface area contributed by atoms with Crippen LogP contribution >= 0.6 is 0 Å². The first-order valence-electron chi connectivity index (χ1n) is 6.19. The van der Waals surface area contributed by atoms with Gasteiger partial charge in [0.05, 0.1) is 4.92 Å². The smallest absolute Gasteiger partial charge is 0.330 e. The van der Waals surface area contributed by atoms with Gasteiger partial charge in [0, 0.05) is 12.6 Å². The van der Waals surface area contributed by atoms with Crippen LogP contribution in [0.15, 0.2) is 6.20 Å². The van der Waals surface area contributed by atoms with Gasteiger partial charge in [0.2, 0.25) is 5.82 Å². The number of aromatic nitrogens is 2. The second-order valence-corrected chi connectivity index (χ2v) is 4.46. The van der Waals surface area contributed by atoms with E-state index in [-0.39, 0.29) is 10.6 Å². The first-order chi connectivity index (χ1) is 8.20. The monoisotopic (exact) mass is 238 g/mol. The summed E-state index contributed by atoms with van der Waals surface area (Å²) in [6.07, 6.45) is 7.31. The van der Waals surface area contributed by atoms with Crippen LogP contribution in [-0.2, 0) is 6.54 Å². The molecule has 0 aromatic carbocycles. The van der Waals surface area contributed by atoms with E-state index in [0.29, 0.717) is 18.4 Å². The normalized spacial score (nSPS) is 17.0. The van der Waals surface area contributed by atoms with Crippen LogP contribution in [0.3, 0.4) is 0 Å². The zero-order valence-corrected chi connectivity index (χ0v) is 10.1. The van der Waals surface area contributed by atoms with Gasteiger partial charge < -0.3 is 5.32 Å². The molecule has 17 heavy (non-hydrogen) atoms. The third-order valence-electron chi connectivity index (χ3n) is 3.21. The summed E-state index contributed by atoms with van der Waals surface area (Å²) in [6.45, 7) is 2.56. The predicted octanol–water partition coefficient (Wildman–Crippen LogP) is 2.56. The minimum atomic E-state index is -0.371. The number of aryl methyl sites for hydroxylation is 1. The lowest BCUT2D eigenvalue weighted by molar-refractivity contribution is -0.384. The lowest BCUT2D eigenvalue weighted by atomic mass is 9.95. The van der Waals surface area contributed by atoms with Crippen molar-refractivity contribution < 1.29 is 4.92 Å². The van der Waals surface area contributed by atoms with E-state index in [9.17, 15) is 10.1 Å². The standard InChI is InChI=1S/C11H18N4O2/c1-2-14-8-10(15(16)17)11(13-14)12-9-6-4-3-5-7-9/h8-9H,2-7H2,1H3,(H,12,13). The second-order valence-electron chi connectivity index (χ2n) is 4.46. The van der Waals surface area contributed by atoms with Crippen molar-refractivity contribution in [3.8, 4) is 0 Å². The highest BCUT2D eigenvalue weighted by Crippen LogP contribution is 2.26. The minimum absolute atomic E-state index is 0.0809. The van der Waals surface area contributed by atoms with Crippen LogP contribution in [0.25, 0.3) is 0 Å². The summed E-state index contributed by atoms with van der Waals surface area (Å²) in [6, 6.07) is 0.336. The van der Waals surface area contributed by atoms with E-state index in [4.69, 9.17) is 0 Å². The largest absolute Gasteiger partial charge is 0.360 e. The fourth-order valence-electron chi connectivity index (χ4n) is 2.25. The van der Waals surface area contributed by atoms with Gasteiger partial charge in [-0.3, -0.25) is 14.8 Å². The maximum absolute atomic E-state index is 10.9. The van der Waals surface area contributed by atoms with E-state index >= 15 is 0 Å². The fraction of sp³-hybridized carbons (Fsp3) is 0.727. The molecule has 0 saturated heterocycles. The topological polar surface area (TPSA) is 73.0 Å². The van der Waals surface area contributed by atoms with Crippen LogP contribution in [-0.4, -0.2) is 20.7 Å². The molecule has 6 nitrogen and oxygen atoms in total. The molecular weight excluding hydrogens is 220 g/mol. The van der Waals surface area contributed by atoms with Gasteiger partial charge in [-0.1, -0.05) is 19.3 Å². The Morgan fingerprint density at radius 2 is 2.24 bits per heavy atom. The molecule has 1 aliphatic rings. The Balaban J connectivity index is 2.12. The molecular formula is C11H18N4O2. The maximum atomic E-state index is 10.9. The number of anilines is 1. The van der Waals surface area contributed by atoms with E-state index in [0.717, 1.165) is 12.8 Å². The number of hydrogen-bond acceptors (Lipinski definition) is 4. The molecule has 1 heterocycles. The molecule has 0 amide bonds. The van der Waals surface area contributed by atoms with E-state index < -0.39 is 0 Å². The molecule has 1 aromatic heterocycles. The van der Waals surface area contributed by atoms with Gasteiger partial charge in [-0.2, -0.15) is 0 Å².